The first-order valence-electron chi connectivity index (χ1n) is 5.22. The monoisotopic (exact) mass is 363 g/mol. The van der Waals surface area contributed by atoms with Crippen LogP contribution >= 0.6 is 23.2 Å². The first kappa shape index (κ1) is 18.0. The van der Waals surface area contributed by atoms with Crippen LogP contribution in [-0.2, 0) is 10.0 Å². The first-order valence-corrected chi connectivity index (χ1v) is 7.45. The van der Waals surface area contributed by atoms with Crippen molar-refractivity contribution in [2.24, 2.45) is 5.73 Å². The Morgan fingerprint density at radius 2 is 1.95 bits per heavy atom. The third-order valence-electron chi connectivity index (χ3n) is 2.32. The van der Waals surface area contributed by atoms with Gasteiger partial charge < -0.3 is 5.73 Å². The summed E-state index contributed by atoms with van der Waals surface area (Å²) in [6, 6.07) is 1.81. The summed E-state index contributed by atoms with van der Waals surface area (Å²) in [5, 5.41) is 9.62. The van der Waals surface area contributed by atoms with E-state index < -0.39 is 49.6 Å². The van der Waals surface area contributed by atoms with E-state index in [1.54, 1.807) is 4.72 Å². The molecule has 1 rings (SSSR count). The Labute approximate surface area is 128 Å². The molecule has 0 bridgehead atoms. The molecule has 1 aromatic rings. The summed E-state index contributed by atoms with van der Waals surface area (Å²) in [5.41, 5.74) is 3.94. The standard InChI is InChI=1S/C9H9Cl2F2N3O4S/c10-5-1-2-6(7(11)8(5)16(17)18)21(19,20)15-4-9(12,13)3-14/h1-2,15H,3-4,14H2. The van der Waals surface area contributed by atoms with Gasteiger partial charge in [-0.25, -0.2) is 21.9 Å². The van der Waals surface area contributed by atoms with Crippen LogP contribution in [0.4, 0.5) is 14.5 Å². The minimum atomic E-state index is -4.49. The molecule has 1 aromatic carbocycles. The Balaban J connectivity index is 3.22. The summed E-state index contributed by atoms with van der Waals surface area (Å²) >= 11 is 11.2. The van der Waals surface area contributed by atoms with Crippen molar-refractivity contribution in [3.05, 3.63) is 32.3 Å². The summed E-state index contributed by atoms with van der Waals surface area (Å²) in [6.45, 7) is -2.33. The Morgan fingerprint density at radius 3 is 2.43 bits per heavy atom. The predicted molar refractivity (Wildman–Crippen MR) is 72.3 cm³/mol. The number of nitro benzene ring substituents is 1. The van der Waals surface area contributed by atoms with Crippen molar-refractivity contribution in [2.75, 3.05) is 13.1 Å². The zero-order valence-corrected chi connectivity index (χ0v) is 12.5. The van der Waals surface area contributed by atoms with Gasteiger partial charge in [0.15, 0.2) is 0 Å². The smallest absolute Gasteiger partial charge is 0.307 e. The fourth-order valence-electron chi connectivity index (χ4n) is 1.25. The number of rotatable bonds is 6. The second-order valence-electron chi connectivity index (χ2n) is 3.85. The van der Waals surface area contributed by atoms with Gasteiger partial charge in [-0.2, -0.15) is 0 Å². The molecule has 21 heavy (non-hydrogen) atoms. The SMILES string of the molecule is NCC(F)(F)CNS(=O)(=O)c1ccc(Cl)c([N+](=O)[O-])c1Cl. The molecule has 0 aliphatic carbocycles. The van der Waals surface area contributed by atoms with Crippen molar-refractivity contribution in [3.8, 4) is 0 Å². The Morgan fingerprint density at radius 1 is 1.38 bits per heavy atom. The van der Waals surface area contributed by atoms with Gasteiger partial charge >= 0.3 is 5.69 Å². The topological polar surface area (TPSA) is 115 Å². The van der Waals surface area contributed by atoms with E-state index in [4.69, 9.17) is 28.9 Å². The van der Waals surface area contributed by atoms with Crippen LogP contribution in [0.25, 0.3) is 0 Å². The summed E-state index contributed by atoms with van der Waals surface area (Å²) in [7, 11) is -4.49. The van der Waals surface area contributed by atoms with E-state index in [1.807, 2.05) is 0 Å². The maximum absolute atomic E-state index is 13.0. The van der Waals surface area contributed by atoms with Crippen LogP contribution < -0.4 is 10.5 Å². The van der Waals surface area contributed by atoms with Gasteiger partial charge in [-0.15, -0.1) is 0 Å². The number of halogens is 4. The summed E-state index contributed by atoms with van der Waals surface area (Å²) in [6.07, 6.45) is 0. The number of alkyl halides is 2. The van der Waals surface area contributed by atoms with Crippen molar-refractivity contribution in [2.45, 2.75) is 10.8 Å². The van der Waals surface area contributed by atoms with Gasteiger partial charge in [0, 0.05) is 0 Å². The third-order valence-corrected chi connectivity index (χ3v) is 4.57. The van der Waals surface area contributed by atoms with E-state index in [-0.39, 0.29) is 5.02 Å². The van der Waals surface area contributed by atoms with Gasteiger partial charge in [0.25, 0.3) is 5.92 Å². The molecule has 0 aliphatic rings. The highest BCUT2D eigenvalue weighted by Crippen LogP contribution is 2.37. The molecule has 0 saturated carbocycles. The Kier molecular flexibility index (Phi) is 5.45. The lowest BCUT2D eigenvalue weighted by atomic mass is 10.3. The molecular weight excluding hydrogens is 355 g/mol. The molecule has 0 heterocycles. The van der Waals surface area contributed by atoms with Crippen LogP contribution in [0.5, 0.6) is 0 Å². The molecule has 0 radical (unpaired) electrons. The number of nitrogens with one attached hydrogen (secondary N) is 1. The van der Waals surface area contributed by atoms with Crippen molar-refractivity contribution < 1.29 is 22.1 Å². The first-order chi connectivity index (χ1) is 9.52. The molecule has 0 saturated heterocycles. The number of benzene rings is 1. The lowest BCUT2D eigenvalue weighted by molar-refractivity contribution is -0.384. The summed E-state index contributed by atoms with van der Waals surface area (Å²) in [5.74, 6) is -3.46. The molecule has 0 amide bonds. The van der Waals surface area contributed by atoms with Gasteiger partial charge in [-0.05, 0) is 12.1 Å². The highest BCUT2D eigenvalue weighted by molar-refractivity contribution is 7.89. The number of sulfonamides is 1. The van der Waals surface area contributed by atoms with Crippen molar-refractivity contribution >= 4 is 38.9 Å². The zero-order chi connectivity index (χ0) is 16.4. The van der Waals surface area contributed by atoms with Crippen LogP contribution in [0, 0.1) is 10.1 Å². The van der Waals surface area contributed by atoms with E-state index in [9.17, 15) is 27.3 Å². The molecule has 0 aromatic heterocycles. The third kappa shape index (κ3) is 4.20. The molecular formula is C9H9Cl2F2N3O4S. The van der Waals surface area contributed by atoms with Crippen LogP contribution in [0.1, 0.15) is 0 Å². The second kappa shape index (κ2) is 6.36. The molecule has 0 fully saturated rings. The molecule has 0 unspecified atom stereocenters. The number of nitrogens with two attached hydrogens (primary N) is 1. The molecule has 0 spiro atoms. The lowest BCUT2D eigenvalue weighted by Crippen LogP contribution is -2.41. The molecule has 7 nitrogen and oxygen atoms in total. The van der Waals surface area contributed by atoms with Gasteiger partial charge in [-0.1, -0.05) is 23.2 Å². The van der Waals surface area contributed by atoms with Gasteiger partial charge in [0.1, 0.15) is 14.9 Å². The van der Waals surface area contributed by atoms with E-state index in [2.05, 4.69) is 0 Å². The quantitative estimate of drug-likeness (QED) is 0.590. The summed E-state index contributed by atoms with van der Waals surface area (Å²) in [4.78, 5) is 9.07. The van der Waals surface area contributed by atoms with Crippen molar-refractivity contribution in [1.82, 2.24) is 4.72 Å². The molecule has 118 valence electrons. The highest BCUT2D eigenvalue weighted by Gasteiger charge is 2.32. The van der Waals surface area contributed by atoms with Crippen molar-refractivity contribution in [3.63, 3.8) is 0 Å². The van der Waals surface area contributed by atoms with Crippen LogP contribution in [0.3, 0.4) is 0 Å². The average Bonchev–Trinajstić information content (AvgIpc) is 2.36. The summed E-state index contributed by atoms with van der Waals surface area (Å²) < 4.78 is 51.2. The Bertz CT molecular complexity index is 669. The minimum Gasteiger partial charge on any atom is -0.325 e. The zero-order valence-electron chi connectivity index (χ0n) is 10.1. The molecule has 3 N–H and O–H groups in total. The maximum atomic E-state index is 13.0. The van der Waals surface area contributed by atoms with Gasteiger partial charge in [0.2, 0.25) is 10.0 Å². The van der Waals surface area contributed by atoms with E-state index in [0.29, 0.717) is 0 Å². The molecule has 0 atom stereocenters. The van der Waals surface area contributed by atoms with Crippen LogP contribution in [0.2, 0.25) is 10.0 Å². The molecule has 12 heteroatoms. The fourth-order valence-corrected chi connectivity index (χ4v) is 3.20. The molecule has 0 aliphatic heterocycles. The second-order valence-corrected chi connectivity index (χ2v) is 6.37. The van der Waals surface area contributed by atoms with Crippen molar-refractivity contribution in [1.29, 1.82) is 0 Å². The van der Waals surface area contributed by atoms with E-state index in [1.165, 1.54) is 0 Å². The maximum Gasteiger partial charge on any atom is 0.307 e. The highest BCUT2D eigenvalue weighted by atomic mass is 35.5. The fraction of sp³-hybridized carbons (Fsp3) is 0.333. The normalized spacial score (nSPS) is 12.4. The lowest BCUT2D eigenvalue weighted by Gasteiger charge is -2.15. The largest absolute Gasteiger partial charge is 0.325 e. The predicted octanol–water partition coefficient (Wildman–Crippen LogP) is 1.77. The number of nitro groups is 1. The number of hydrogen-bond donors (Lipinski definition) is 2. The van der Waals surface area contributed by atoms with E-state index in [0.717, 1.165) is 12.1 Å². The van der Waals surface area contributed by atoms with Crippen LogP contribution in [-0.4, -0.2) is 32.4 Å². The van der Waals surface area contributed by atoms with Gasteiger partial charge in [0.05, 0.1) is 18.0 Å². The number of hydrogen-bond acceptors (Lipinski definition) is 5. The average molecular weight is 364 g/mol. The Hall–Kier alpha value is -1.07. The van der Waals surface area contributed by atoms with Gasteiger partial charge in [-0.3, -0.25) is 10.1 Å². The minimum absolute atomic E-state index is 0.378. The van der Waals surface area contributed by atoms with E-state index >= 15 is 0 Å². The number of nitrogens with zero attached hydrogens (tertiary/aromatic N) is 1. The van der Waals surface area contributed by atoms with Crippen LogP contribution in [0.15, 0.2) is 17.0 Å².